The Hall–Kier alpha value is -1.71. The normalized spacial score (nSPS) is 15.5. The number of piperidine rings is 1. The van der Waals surface area contributed by atoms with E-state index in [2.05, 4.69) is 5.32 Å². The Morgan fingerprint density at radius 3 is 2.72 bits per heavy atom. The van der Waals surface area contributed by atoms with Crippen LogP contribution in [0, 0.1) is 6.92 Å². The summed E-state index contributed by atoms with van der Waals surface area (Å²) in [5, 5.41) is 3.19. The number of hydrogen-bond acceptors (Lipinski definition) is 3. The van der Waals surface area contributed by atoms with E-state index in [1.807, 2.05) is 30.0 Å². The number of nitrogens with one attached hydrogen (secondary N) is 1. The van der Waals surface area contributed by atoms with Crippen molar-refractivity contribution < 1.29 is 4.79 Å². The van der Waals surface area contributed by atoms with Gasteiger partial charge in [0, 0.05) is 24.5 Å². The van der Waals surface area contributed by atoms with Crippen molar-refractivity contribution in [2.24, 2.45) is 0 Å². The summed E-state index contributed by atoms with van der Waals surface area (Å²) in [6, 6.07) is 5.68. The number of benzene rings is 1. The number of hydrogen-bond donors (Lipinski definition) is 2. The molecule has 98 valence electrons. The van der Waals surface area contributed by atoms with Crippen LogP contribution >= 0.6 is 0 Å². The fraction of sp³-hybridized carbons (Fsp3) is 0.500. The molecular formula is C14H21N3O. The minimum Gasteiger partial charge on any atom is -0.399 e. The number of aryl methyl sites for hydroxylation is 1. The number of carbonyl (C=O) groups excluding carboxylic acids is 1. The van der Waals surface area contributed by atoms with Crippen molar-refractivity contribution in [3.8, 4) is 0 Å². The molecule has 1 aromatic carbocycles. The lowest BCUT2D eigenvalue weighted by molar-refractivity contribution is -0.130. The Kier molecular flexibility index (Phi) is 4.07. The molecule has 18 heavy (non-hydrogen) atoms. The second-order valence-electron chi connectivity index (χ2n) is 4.87. The highest BCUT2D eigenvalue weighted by Gasteiger charge is 2.15. The van der Waals surface area contributed by atoms with Crippen molar-refractivity contribution >= 4 is 17.3 Å². The lowest BCUT2D eigenvalue weighted by Gasteiger charge is -2.27. The van der Waals surface area contributed by atoms with Gasteiger partial charge in [-0.2, -0.15) is 0 Å². The second kappa shape index (κ2) is 5.76. The van der Waals surface area contributed by atoms with Crippen LogP contribution in [0.5, 0.6) is 0 Å². The maximum Gasteiger partial charge on any atom is 0.241 e. The Balaban J connectivity index is 1.88. The number of nitrogens with two attached hydrogens (primary N) is 1. The number of nitrogen functional groups attached to an aromatic ring is 1. The molecule has 4 heteroatoms. The van der Waals surface area contributed by atoms with E-state index < -0.39 is 0 Å². The molecule has 0 atom stereocenters. The SMILES string of the molecule is Cc1cc(N)ccc1NCC(=O)N1CCCCC1. The summed E-state index contributed by atoms with van der Waals surface area (Å²) >= 11 is 0. The highest BCUT2D eigenvalue weighted by Crippen LogP contribution is 2.17. The Labute approximate surface area is 108 Å². The van der Waals surface area contributed by atoms with Crippen molar-refractivity contribution in [3.05, 3.63) is 23.8 Å². The largest absolute Gasteiger partial charge is 0.399 e. The summed E-state index contributed by atoms with van der Waals surface area (Å²) in [6.07, 6.45) is 3.51. The lowest BCUT2D eigenvalue weighted by atomic mass is 10.1. The van der Waals surface area contributed by atoms with Gasteiger partial charge in [0.15, 0.2) is 0 Å². The topological polar surface area (TPSA) is 58.4 Å². The van der Waals surface area contributed by atoms with Crippen LogP contribution in [0.4, 0.5) is 11.4 Å². The molecule has 1 saturated heterocycles. The van der Waals surface area contributed by atoms with Crippen LogP contribution in [0.3, 0.4) is 0 Å². The van der Waals surface area contributed by atoms with Crippen LogP contribution in [0.25, 0.3) is 0 Å². The predicted octanol–water partition coefficient (Wildman–Crippen LogP) is 2.00. The average molecular weight is 247 g/mol. The first-order valence-electron chi connectivity index (χ1n) is 6.54. The van der Waals surface area contributed by atoms with Gasteiger partial charge in [0.05, 0.1) is 6.54 Å². The second-order valence-corrected chi connectivity index (χ2v) is 4.87. The molecule has 0 radical (unpaired) electrons. The third-order valence-electron chi connectivity index (χ3n) is 3.39. The molecule has 1 heterocycles. The fourth-order valence-electron chi connectivity index (χ4n) is 2.31. The number of likely N-dealkylation sites (tertiary alicyclic amines) is 1. The van der Waals surface area contributed by atoms with Crippen LogP contribution in [-0.2, 0) is 4.79 Å². The van der Waals surface area contributed by atoms with Gasteiger partial charge in [-0.3, -0.25) is 4.79 Å². The quantitative estimate of drug-likeness (QED) is 0.803. The fourth-order valence-corrected chi connectivity index (χ4v) is 2.31. The van der Waals surface area contributed by atoms with Crippen LogP contribution in [0.2, 0.25) is 0 Å². The molecular weight excluding hydrogens is 226 g/mol. The number of amides is 1. The summed E-state index contributed by atoms with van der Waals surface area (Å²) in [6.45, 7) is 4.16. The van der Waals surface area contributed by atoms with Gasteiger partial charge in [-0.1, -0.05) is 0 Å². The predicted molar refractivity (Wildman–Crippen MR) is 74.5 cm³/mol. The molecule has 0 spiro atoms. The van der Waals surface area contributed by atoms with Crippen LogP contribution in [0.15, 0.2) is 18.2 Å². The van der Waals surface area contributed by atoms with Crippen LogP contribution < -0.4 is 11.1 Å². The molecule has 3 N–H and O–H groups in total. The summed E-state index contributed by atoms with van der Waals surface area (Å²) < 4.78 is 0. The van der Waals surface area contributed by atoms with E-state index in [9.17, 15) is 4.79 Å². The van der Waals surface area contributed by atoms with Gasteiger partial charge < -0.3 is 16.0 Å². The first-order chi connectivity index (χ1) is 8.66. The van der Waals surface area contributed by atoms with Gasteiger partial charge in [-0.25, -0.2) is 0 Å². The van der Waals surface area contributed by atoms with E-state index in [1.165, 1.54) is 6.42 Å². The van der Waals surface area contributed by atoms with Gasteiger partial charge in [0.25, 0.3) is 0 Å². The van der Waals surface area contributed by atoms with E-state index in [4.69, 9.17) is 5.73 Å². The van der Waals surface area contributed by atoms with Crippen molar-refractivity contribution in [2.45, 2.75) is 26.2 Å². The van der Waals surface area contributed by atoms with Gasteiger partial charge in [0.2, 0.25) is 5.91 Å². The van der Waals surface area contributed by atoms with E-state index in [0.717, 1.165) is 42.9 Å². The monoisotopic (exact) mass is 247 g/mol. The van der Waals surface area contributed by atoms with Crippen molar-refractivity contribution in [1.29, 1.82) is 0 Å². The lowest BCUT2D eigenvalue weighted by Crippen LogP contribution is -2.39. The highest BCUT2D eigenvalue weighted by atomic mass is 16.2. The highest BCUT2D eigenvalue weighted by molar-refractivity contribution is 5.81. The van der Waals surface area contributed by atoms with Crippen LogP contribution in [0.1, 0.15) is 24.8 Å². The number of nitrogens with zero attached hydrogens (tertiary/aromatic N) is 1. The summed E-state index contributed by atoms with van der Waals surface area (Å²) in [7, 11) is 0. The van der Waals surface area contributed by atoms with Gasteiger partial charge in [-0.05, 0) is 49.9 Å². The third kappa shape index (κ3) is 3.15. The molecule has 1 aliphatic rings. The zero-order chi connectivity index (χ0) is 13.0. The minimum atomic E-state index is 0.186. The molecule has 1 aromatic rings. The maximum atomic E-state index is 12.0. The first kappa shape index (κ1) is 12.7. The molecule has 0 saturated carbocycles. The zero-order valence-electron chi connectivity index (χ0n) is 10.9. The maximum absolute atomic E-state index is 12.0. The van der Waals surface area contributed by atoms with E-state index in [1.54, 1.807) is 0 Å². The minimum absolute atomic E-state index is 0.186. The molecule has 4 nitrogen and oxygen atoms in total. The summed E-state index contributed by atoms with van der Waals surface area (Å²) in [5.41, 5.74) is 8.50. The smallest absolute Gasteiger partial charge is 0.241 e. The third-order valence-corrected chi connectivity index (χ3v) is 3.39. The van der Waals surface area contributed by atoms with Gasteiger partial charge in [0.1, 0.15) is 0 Å². The average Bonchev–Trinajstić information content (AvgIpc) is 2.38. The van der Waals surface area contributed by atoms with Gasteiger partial charge >= 0.3 is 0 Å². The number of anilines is 2. The van der Waals surface area contributed by atoms with Gasteiger partial charge in [-0.15, -0.1) is 0 Å². The summed E-state index contributed by atoms with van der Waals surface area (Å²) in [4.78, 5) is 13.9. The molecule has 2 rings (SSSR count). The van der Waals surface area contributed by atoms with Crippen molar-refractivity contribution in [2.75, 3.05) is 30.7 Å². The molecule has 0 aliphatic carbocycles. The first-order valence-corrected chi connectivity index (χ1v) is 6.54. The van der Waals surface area contributed by atoms with Crippen LogP contribution in [-0.4, -0.2) is 30.4 Å². The number of carbonyl (C=O) groups is 1. The molecule has 1 aliphatic heterocycles. The van der Waals surface area contributed by atoms with E-state index in [0.29, 0.717) is 6.54 Å². The molecule has 0 aromatic heterocycles. The van der Waals surface area contributed by atoms with Crippen molar-refractivity contribution in [3.63, 3.8) is 0 Å². The molecule has 1 amide bonds. The summed E-state index contributed by atoms with van der Waals surface area (Å²) in [5.74, 6) is 0.186. The zero-order valence-corrected chi connectivity index (χ0v) is 10.9. The standard InChI is InChI=1S/C14H21N3O/c1-11-9-12(15)5-6-13(11)16-10-14(18)17-7-3-2-4-8-17/h5-6,9,16H,2-4,7-8,10,15H2,1H3. The number of rotatable bonds is 3. The van der Waals surface area contributed by atoms with Crippen molar-refractivity contribution in [1.82, 2.24) is 4.90 Å². The van der Waals surface area contributed by atoms with E-state index >= 15 is 0 Å². The Morgan fingerprint density at radius 1 is 1.33 bits per heavy atom. The molecule has 0 bridgehead atoms. The van der Waals surface area contributed by atoms with E-state index in [-0.39, 0.29) is 5.91 Å². The molecule has 1 fully saturated rings. The Morgan fingerprint density at radius 2 is 2.06 bits per heavy atom. The molecule has 0 unspecified atom stereocenters. The Bertz CT molecular complexity index is 425.